The predicted molar refractivity (Wildman–Crippen MR) is 92.3 cm³/mol. The fraction of sp³-hybridized carbons (Fsp3) is 0.125. The number of nitro groups is 1. The smallest absolute Gasteiger partial charge is 0.274 e. The van der Waals surface area contributed by atoms with E-state index in [0.717, 1.165) is 18.2 Å². The van der Waals surface area contributed by atoms with Crippen molar-refractivity contribution in [2.45, 2.75) is 13.3 Å². The van der Waals surface area contributed by atoms with E-state index in [1.165, 1.54) is 0 Å². The van der Waals surface area contributed by atoms with E-state index in [0.29, 0.717) is 22.8 Å². The van der Waals surface area contributed by atoms with Crippen LogP contribution in [0, 0.1) is 10.1 Å². The molecular formula is C16H13ClN4O4. The Labute approximate surface area is 146 Å². The highest BCUT2D eigenvalue weighted by Gasteiger charge is 2.20. The van der Waals surface area contributed by atoms with Crippen LogP contribution in [0.15, 0.2) is 36.5 Å². The molecule has 0 saturated carbocycles. The molecule has 0 atom stereocenters. The maximum absolute atomic E-state index is 12.7. The van der Waals surface area contributed by atoms with Gasteiger partial charge in [0.2, 0.25) is 0 Å². The van der Waals surface area contributed by atoms with Gasteiger partial charge >= 0.3 is 0 Å². The Hall–Kier alpha value is -3.13. The molecule has 0 bridgehead atoms. The maximum Gasteiger partial charge on any atom is 0.274 e. The third-order valence-corrected chi connectivity index (χ3v) is 3.87. The summed E-state index contributed by atoms with van der Waals surface area (Å²) in [5.74, 6) is -0.828. The number of carbonyl (C=O) groups is 1. The molecule has 25 heavy (non-hydrogen) atoms. The Kier molecular flexibility index (Phi) is 4.28. The lowest BCUT2D eigenvalue weighted by atomic mass is 10.2. The van der Waals surface area contributed by atoms with Crippen LogP contribution in [-0.4, -0.2) is 25.3 Å². The molecule has 8 nitrogen and oxygen atoms in total. The number of carbonyl (C=O) groups excluding carboxylic acids is 1. The Morgan fingerprint density at radius 3 is 2.84 bits per heavy atom. The first-order valence-corrected chi connectivity index (χ1v) is 7.73. The fourth-order valence-electron chi connectivity index (χ4n) is 2.47. The monoisotopic (exact) mass is 360 g/mol. The summed E-state index contributed by atoms with van der Waals surface area (Å²) in [6.07, 6.45) is 2.06. The molecule has 0 unspecified atom stereocenters. The van der Waals surface area contributed by atoms with E-state index in [9.17, 15) is 20.0 Å². The van der Waals surface area contributed by atoms with Gasteiger partial charge in [-0.1, -0.05) is 18.5 Å². The molecule has 1 amide bonds. The minimum atomic E-state index is -0.611. The van der Waals surface area contributed by atoms with Gasteiger partial charge in [-0.05, 0) is 24.6 Å². The number of halogens is 1. The summed E-state index contributed by atoms with van der Waals surface area (Å²) in [5, 5.41) is 23.7. The van der Waals surface area contributed by atoms with Gasteiger partial charge in [0.1, 0.15) is 17.1 Å². The third-order valence-electron chi connectivity index (χ3n) is 3.64. The second kappa shape index (κ2) is 6.40. The highest BCUT2D eigenvalue weighted by Crippen LogP contribution is 2.28. The number of non-ortho nitro benzene ring substituents is 1. The molecule has 0 aliphatic carbocycles. The Balaban J connectivity index is 2.05. The van der Waals surface area contributed by atoms with Crippen molar-refractivity contribution in [1.82, 2.24) is 9.38 Å². The number of anilines is 1. The van der Waals surface area contributed by atoms with E-state index < -0.39 is 10.8 Å². The first-order chi connectivity index (χ1) is 11.9. The number of aromatic hydroxyl groups is 1. The number of nitrogens with zero attached hydrogens (tertiary/aromatic N) is 3. The summed E-state index contributed by atoms with van der Waals surface area (Å²) in [7, 11) is 0. The highest BCUT2D eigenvalue weighted by molar-refractivity contribution is 6.30. The SMILES string of the molecule is CCc1nc2ccc(Cl)cn2c1C(=O)Nc1cc([N+](=O)[O-])ccc1O. The molecule has 0 spiro atoms. The average Bonchev–Trinajstić information content (AvgIpc) is 2.94. The van der Waals surface area contributed by atoms with Crippen molar-refractivity contribution >= 4 is 34.5 Å². The predicted octanol–water partition coefficient (Wildman–Crippen LogP) is 3.42. The third kappa shape index (κ3) is 3.11. The number of aryl methyl sites for hydroxylation is 1. The number of aromatic nitrogens is 2. The molecule has 3 rings (SSSR count). The molecule has 1 aromatic carbocycles. The number of amides is 1. The first kappa shape index (κ1) is 16.7. The highest BCUT2D eigenvalue weighted by atomic mass is 35.5. The summed E-state index contributed by atoms with van der Waals surface area (Å²) < 4.78 is 1.55. The van der Waals surface area contributed by atoms with E-state index in [2.05, 4.69) is 10.3 Å². The van der Waals surface area contributed by atoms with Crippen LogP contribution in [0.4, 0.5) is 11.4 Å². The van der Waals surface area contributed by atoms with Crippen molar-refractivity contribution in [1.29, 1.82) is 0 Å². The van der Waals surface area contributed by atoms with Gasteiger partial charge in [-0.25, -0.2) is 4.98 Å². The van der Waals surface area contributed by atoms with Gasteiger partial charge in [0.05, 0.1) is 21.3 Å². The van der Waals surface area contributed by atoms with Gasteiger partial charge in [-0.15, -0.1) is 0 Å². The molecule has 9 heteroatoms. The van der Waals surface area contributed by atoms with E-state index in [1.807, 2.05) is 6.92 Å². The summed E-state index contributed by atoms with van der Waals surface area (Å²) in [5.41, 5.74) is 1.05. The zero-order valence-electron chi connectivity index (χ0n) is 13.1. The van der Waals surface area contributed by atoms with Gasteiger partial charge < -0.3 is 10.4 Å². The zero-order valence-corrected chi connectivity index (χ0v) is 13.8. The van der Waals surface area contributed by atoms with E-state index in [1.54, 1.807) is 22.7 Å². The van der Waals surface area contributed by atoms with Crippen molar-refractivity contribution in [2.24, 2.45) is 0 Å². The standard InChI is InChI=1S/C16H13ClN4O4/c1-2-11-15(20-8-9(17)3-6-14(20)18-11)16(23)19-12-7-10(21(24)25)4-5-13(12)22/h3-8,22H,2H2,1H3,(H,19,23). The lowest BCUT2D eigenvalue weighted by molar-refractivity contribution is -0.384. The molecule has 0 saturated heterocycles. The van der Waals surface area contributed by atoms with Crippen molar-refractivity contribution in [2.75, 3.05) is 5.32 Å². The molecule has 0 radical (unpaired) electrons. The molecule has 0 aliphatic rings. The largest absolute Gasteiger partial charge is 0.506 e. The minimum Gasteiger partial charge on any atom is -0.506 e. The maximum atomic E-state index is 12.7. The Bertz CT molecular complexity index is 999. The molecule has 2 N–H and O–H groups in total. The van der Waals surface area contributed by atoms with Crippen LogP contribution in [0.2, 0.25) is 5.02 Å². The van der Waals surface area contributed by atoms with Crippen LogP contribution in [0.25, 0.3) is 5.65 Å². The molecular weight excluding hydrogens is 348 g/mol. The number of nitrogens with one attached hydrogen (secondary N) is 1. The van der Waals surface area contributed by atoms with Gasteiger partial charge in [-0.3, -0.25) is 19.3 Å². The molecule has 0 aliphatic heterocycles. The minimum absolute atomic E-state index is 0.0572. The molecule has 3 aromatic rings. The van der Waals surface area contributed by atoms with E-state index >= 15 is 0 Å². The number of rotatable bonds is 4. The summed E-state index contributed by atoms with van der Waals surface area (Å²) in [4.78, 5) is 27.4. The van der Waals surface area contributed by atoms with Crippen molar-refractivity contribution < 1.29 is 14.8 Å². The number of nitro benzene ring substituents is 1. The van der Waals surface area contributed by atoms with Gasteiger partial charge in [0, 0.05) is 18.3 Å². The molecule has 2 aromatic heterocycles. The van der Waals surface area contributed by atoms with Crippen LogP contribution in [0.5, 0.6) is 5.75 Å². The van der Waals surface area contributed by atoms with E-state index in [-0.39, 0.29) is 22.8 Å². The topological polar surface area (TPSA) is 110 Å². The molecule has 0 fully saturated rings. The van der Waals surface area contributed by atoms with Crippen molar-refractivity contribution in [3.8, 4) is 5.75 Å². The molecule has 128 valence electrons. The fourth-order valence-corrected chi connectivity index (χ4v) is 2.63. The lowest BCUT2D eigenvalue weighted by Gasteiger charge is -2.08. The number of benzene rings is 1. The number of imidazole rings is 1. The van der Waals surface area contributed by atoms with Crippen LogP contribution in [-0.2, 0) is 6.42 Å². The zero-order chi connectivity index (χ0) is 18.1. The second-order valence-electron chi connectivity index (χ2n) is 5.25. The van der Waals surface area contributed by atoms with Gasteiger partial charge in [0.15, 0.2) is 0 Å². The van der Waals surface area contributed by atoms with Gasteiger partial charge in [0.25, 0.3) is 11.6 Å². The normalized spacial score (nSPS) is 10.8. The summed E-state index contributed by atoms with van der Waals surface area (Å²) >= 11 is 5.99. The number of hydrogen-bond acceptors (Lipinski definition) is 5. The Morgan fingerprint density at radius 2 is 2.16 bits per heavy atom. The van der Waals surface area contributed by atoms with Crippen LogP contribution in [0.1, 0.15) is 23.1 Å². The van der Waals surface area contributed by atoms with Crippen LogP contribution >= 0.6 is 11.6 Å². The van der Waals surface area contributed by atoms with Crippen molar-refractivity contribution in [3.63, 3.8) is 0 Å². The molecule has 2 heterocycles. The number of phenols is 1. The number of fused-ring (bicyclic) bond motifs is 1. The van der Waals surface area contributed by atoms with Gasteiger partial charge in [-0.2, -0.15) is 0 Å². The quantitative estimate of drug-likeness (QED) is 0.421. The van der Waals surface area contributed by atoms with Crippen LogP contribution in [0.3, 0.4) is 0 Å². The number of phenolic OH excluding ortho intramolecular Hbond substituents is 1. The lowest BCUT2D eigenvalue weighted by Crippen LogP contribution is -2.16. The first-order valence-electron chi connectivity index (χ1n) is 7.36. The average molecular weight is 361 g/mol. The summed E-state index contributed by atoms with van der Waals surface area (Å²) in [6, 6.07) is 6.74. The number of pyridine rings is 1. The summed E-state index contributed by atoms with van der Waals surface area (Å²) in [6.45, 7) is 1.85. The Morgan fingerprint density at radius 1 is 1.40 bits per heavy atom. The van der Waals surface area contributed by atoms with Crippen molar-refractivity contribution in [3.05, 3.63) is 63.1 Å². The van der Waals surface area contributed by atoms with Crippen LogP contribution < -0.4 is 5.32 Å². The van der Waals surface area contributed by atoms with E-state index in [4.69, 9.17) is 11.6 Å². The second-order valence-corrected chi connectivity index (χ2v) is 5.69. The number of hydrogen-bond donors (Lipinski definition) is 2.